The first-order valence-electron chi connectivity index (χ1n) is 9.47. The summed E-state index contributed by atoms with van der Waals surface area (Å²) in [6.45, 7) is -0.392. The minimum Gasteiger partial charge on any atom is -0.468 e. The first-order valence-corrected chi connectivity index (χ1v) is 9.47. The molecule has 10 heteroatoms. The highest BCUT2D eigenvalue weighted by molar-refractivity contribution is 6.22. The largest absolute Gasteiger partial charge is 0.468 e. The summed E-state index contributed by atoms with van der Waals surface area (Å²) in [7, 11) is 2.39. The Labute approximate surface area is 181 Å². The number of methoxy groups -OCH3 is 1. The van der Waals surface area contributed by atoms with Crippen LogP contribution in [0.2, 0.25) is 0 Å². The molecule has 1 atom stereocenters. The Balaban J connectivity index is 2.11. The Kier molecular flexibility index (Phi) is 6.07. The van der Waals surface area contributed by atoms with Gasteiger partial charge in [-0.05, 0) is 29.3 Å². The normalized spacial score (nSPS) is 18.2. The molecule has 1 heterocycles. The highest BCUT2D eigenvalue weighted by atomic mass is 19.4. The van der Waals surface area contributed by atoms with E-state index in [1.807, 2.05) is 0 Å². The molecule has 0 saturated carbocycles. The lowest BCUT2D eigenvalue weighted by molar-refractivity contribution is -0.158. The number of ether oxygens (including phenoxy) is 1. The van der Waals surface area contributed by atoms with Crippen LogP contribution in [-0.4, -0.2) is 42.7 Å². The monoisotopic (exact) mass is 448 g/mol. The Bertz CT molecular complexity index is 1080. The van der Waals surface area contributed by atoms with E-state index in [1.54, 1.807) is 0 Å². The van der Waals surface area contributed by atoms with Gasteiger partial charge in [0.05, 0.1) is 25.6 Å². The summed E-state index contributed by atoms with van der Waals surface area (Å²) in [4.78, 5) is 52.5. The molecule has 0 spiro atoms. The number of nitrogens with one attached hydrogen (secondary N) is 1. The van der Waals surface area contributed by atoms with Crippen molar-refractivity contribution in [2.75, 3.05) is 14.2 Å². The van der Waals surface area contributed by atoms with E-state index in [4.69, 9.17) is 4.74 Å². The van der Waals surface area contributed by atoms with Crippen LogP contribution in [0.4, 0.5) is 13.2 Å². The number of halogens is 3. The van der Waals surface area contributed by atoms with Crippen LogP contribution in [0.3, 0.4) is 0 Å². The van der Waals surface area contributed by atoms with E-state index in [9.17, 15) is 32.3 Å². The van der Waals surface area contributed by atoms with Crippen molar-refractivity contribution in [1.82, 2.24) is 10.2 Å². The van der Waals surface area contributed by atoms with Gasteiger partial charge in [0.15, 0.2) is 5.41 Å². The molecule has 0 fully saturated rings. The van der Waals surface area contributed by atoms with Gasteiger partial charge in [-0.3, -0.25) is 24.1 Å². The zero-order valence-electron chi connectivity index (χ0n) is 17.2. The van der Waals surface area contributed by atoms with Crippen molar-refractivity contribution in [3.63, 3.8) is 0 Å². The molecular weight excluding hydrogens is 429 g/mol. The summed E-state index contributed by atoms with van der Waals surface area (Å²) in [5, 5.41) is 2.35. The number of nitrogens with zero attached hydrogens (tertiary/aromatic N) is 1. The molecule has 2 aromatic carbocycles. The number of hydrogen-bond acceptors (Lipinski definition) is 5. The molecule has 1 aliphatic rings. The summed E-state index contributed by atoms with van der Waals surface area (Å²) in [5.41, 5.74) is -2.71. The summed E-state index contributed by atoms with van der Waals surface area (Å²) in [6.07, 6.45) is -5.15. The number of rotatable bonds is 5. The Hall–Kier alpha value is -3.69. The van der Waals surface area contributed by atoms with Gasteiger partial charge in [0.1, 0.15) is 0 Å². The van der Waals surface area contributed by atoms with E-state index in [0.29, 0.717) is 0 Å². The second-order valence-corrected chi connectivity index (χ2v) is 7.18. The van der Waals surface area contributed by atoms with Gasteiger partial charge in [-0.2, -0.15) is 13.2 Å². The molecule has 3 amide bonds. The van der Waals surface area contributed by atoms with Gasteiger partial charge in [0.25, 0.3) is 11.8 Å². The molecule has 32 heavy (non-hydrogen) atoms. The fraction of sp³-hybridized carbons (Fsp3) is 0.273. The summed E-state index contributed by atoms with van der Waals surface area (Å²) >= 11 is 0. The fourth-order valence-electron chi connectivity index (χ4n) is 3.69. The molecular formula is C22H19F3N2O5. The van der Waals surface area contributed by atoms with Crippen LogP contribution in [0.15, 0.2) is 48.5 Å². The standard InChI is InChI=1S/C22H19F3N2O5/c1-26-17(28)11-21(20(31)32-2)16-6-4-3-5-15(16)18(29)27(19(21)30)12-13-7-9-14(10-8-13)22(23,24)25/h3-10H,11-12H2,1-2H3,(H,26,28). The molecule has 1 unspecified atom stereocenters. The highest BCUT2D eigenvalue weighted by Crippen LogP contribution is 2.40. The van der Waals surface area contributed by atoms with Gasteiger partial charge < -0.3 is 10.1 Å². The maximum Gasteiger partial charge on any atom is 0.416 e. The highest BCUT2D eigenvalue weighted by Gasteiger charge is 2.57. The lowest BCUT2D eigenvalue weighted by Gasteiger charge is -2.39. The number of esters is 1. The molecule has 1 aliphatic heterocycles. The van der Waals surface area contributed by atoms with E-state index in [2.05, 4.69) is 5.32 Å². The summed E-state index contributed by atoms with van der Waals surface area (Å²) < 4.78 is 43.4. The number of alkyl halides is 3. The quantitative estimate of drug-likeness (QED) is 0.431. The number of fused-ring (bicyclic) bond motifs is 1. The second kappa shape index (κ2) is 8.45. The van der Waals surface area contributed by atoms with Crippen molar-refractivity contribution in [1.29, 1.82) is 0 Å². The van der Waals surface area contributed by atoms with E-state index in [0.717, 1.165) is 36.3 Å². The van der Waals surface area contributed by atoms with Crippen molar-refractivity contribution in [3.8, 4) is 0 Å². The number of benzene rings is 2. The molecule has 0 aliphatic carbocycles. The summed E-state index contributed by atoms with van der Waals surface area (Å²) in [5.74, 6) is -3.38. The minimum absolute atomic E-state index is 0.0216. The van der Waals surface area contributed by atoms with Crippen LogP contribution in [-0.2, 0) is 37.3 Å². The third kappa shape index (κ3) is 3.83. The van der Waals surface area contributed by atoms with Gasteiger partial charge in [0.2, 0.25) is 5.91 Å². The second-order valence-electron chi connectivity index (χ2n) is 7.18. The molecule has 7 nitrogen and oxygen atoms in total. The van der Waals surface area contributed by atoms with Crippen LogP contribution in [0.5, 0.6) is 0 Å². The average Bonchev–Trinajstić information content (AvgIpc) is 2.78. The zero-order chi connectivity index (χ0) is 23.7. The van der Waals surface area contributed by atoms with Crippen molar-refractivity contribution < 1.29 is 37.1 Å². The predicted molar refractivity (Wildman–Crippen MR) is 105 cm³/mol. The number of imide groups is 1. The molecule has 0 radical (unpaired) electrons. The van der Waals surface area contributed by atoms with Gasteiger partial charge in [-0.1, -0.05) is 30.3 Å². The maximum atomic E-state index is 13.5. The van der Waals surface area contributed by atoms with Gasteiger partial charge >= 0.3 is 12.1 Å². The molecule has 0 bridgehead atoms. The predicted octanol–water partition coefficient (Wildman–Crippen LogP) is 2.43. The maximum absolute atomic E-state index is 13.5. The van der Waals surface area contributed by atoms with Crippen molar-refractivity contribution in [3.05, 3.63) is 70.8 Å². The smallest absolute Gasteiger partial charge is 0.416 e. The molecule has 0 saturated heterocycles. The van der Waals surface area contributed by atoms with Crippen LogP contribution in [0.25, 0.3) is 0 Å². The van der Waals surface area contributed by atoms with Crippen LogP contribution < -0.4 is 5.32 Å². The topological polar surface area (TPSA) is 92.8 Å². The third-order valence-corrected chi connectivity index (χ3v) is 5.33. The number of hydrogen-bond donors (Lipinski definition) is 1. The lowest BCUT2D eigenvalue weighted by Crippen LogP contribution is -2.59. The van der Waals surface area contributed by atoms with E-state index in [1.165, 1.54) is 31.3 Å². The van der Waals surface area contributed by atoms with E-state index >= 15 is 0 Å². The van der Waals surface area contributed by atoms with Crippen molar-refractivity contribution in [2.24, 2.45) is 0 Å². The van der Waals surface area contributed by atoms with E-state index < -0.39 is 53.8 Å². The fourth-order valence-corrected chi connectivity index (χ4v) is 3.69. The Morgan fingerprint density at radius 3 is 2.25 bits per heavy atom. The van der Waals surface area contributed by atoms with Crippen LogP contribution in [0, 0.1) is 0 Å². The summed E-state index contributed by atoms with van der Waals surface area (Å²) in [6, 6.07) is 9.81. The van der Waals surface area contributed by atoms with Crippen molar-refractivity contribution >= 4 is 23.7 Å². The first kappa shape index (κ1) is 23.0. The molecule has 1 N–H and O–H groups in total. The number of carbonyl (C=O) groups excluding carboxylic acids is 4. The third-order valence-electron chi connectivity index (χ3n) is 5.33. The molecule has 168 valence electrons. The minimum atomic E-state index is -4.54. The number of carbonyl (C=O) groups is 4. The molecule has 3 rings (SSSR count). The van der Waals surface area contributed by atoms with Crippen LogP contribution >= 0.6 is 0 Å². The van der Waals surface area contributed by atoms with Gasteiger partial charge in [0, 0.05) is 12.6 Å². The molecule has 0 aromatic heterocycles. The Morgan fingerprint density at radius 1 is 1.06 bits per heavy atom. The zero-order valence-corrected chi connectivity index (χ0v) is 17.2. The Morgan fingerprint density at radius 2 is 1.69 bits per heavy atom. The van der Waals surface area contributed by atoms with Crippen molar-refractivity contribution in [2.45, 2.75) is 24.6 Å². The average molecular weight is 448 g/mol. The molecule has 2 aromatic rings. The van der Waals surface area contributed by atoms with Gasteiger partial charge in [-0.15, -0.1) is 0 Å². The van der Waals surface area contributed by atoms with Gasteiger partial charge in [-0.25, -0.2) is 0 Å². The first-order chi connectivity index (χ1) is 15.1. The SMILES string of the molecule is CNC(=O)CC1(C(=O)OC)C(=O)N(Cc2ccc(C(F)(F)F)cc2)C(=O)c2ccccc21. The van der Waals surface area contributed by atoms with E-state index in [-0.39, 0.29) is 16.7 Å². The lowest BCUT2D eigenvalue weighted by atomic mass is 9.71. The van der Waals surface area contributed by atoms with Crippen LogP contribution in [0.1, 0.15) is 33.5 Å². The number of amides is 3.